The SMILES string of the molecule is CC(=O)c1ccc2c(c1)C(=O)N(c1ccc(Cc3ccc(N)cc3)cc1)C2=O. The zero-order valence-corrected chi connectivity index (χ0v) is 15.3. The number of ketones is 1. The topological polar surface area (TPSA) is 80.5 Å². The van der Waals surface area contributed by atoms with Gasteiger partial charge in [-0.05, 0) is 60.9 Å². The van der Waals surface area contributed by atoms with Crippen molar-refractivity contribution in [2.24, 2.45) is 0 Å². The van der Waals surface area contributed by atoms with Gasteiger partial charge in [0.25, 0.3) is 11.8 Å². The highest BCUT2D eigenvalue weighted by molar-refractivity contribution is 6.34. The zero-order valence-electron chi connectivity index (χ0n) is 15.3. The van der Waals surface area contributed by atoms with Gasteiger partial charge >= 0.3 is 0 Å². The molecule has 0 bridgehead atoms. The molecule has 28 heavy (non-hydrogen) atoms. The second kappa shape index (κ2) is 6.78. The number of fused-ring (bicyclic) bond motifs is 1. The molecule has 3 aromatic rings. The molecule has 5 heteroatoms. The van der Waals surface area contributed by atoms with E-state index in [0.29, 0.717) is 16.8 Å². The van der Waals surface area contributed by atoms with Crippen molar-refractivity contribution in [3.05, 3.63) is 94.5 Å². The van der Waals surface area contributed by atoms with Crippen LogP contribution in [-0.4, -0.2) is 17.6 Å². The molecule has 1 aliphatic rings. The first-order valence-corrected chi connectivity index (χ1v) is 8.91. The van der Waals surface area contributed by atoms with Crippen LogP contribution in [0.1, 0.15) is 49.1 Å². The Hall–Kier alpha value is -3.73. The van der Waals surface area contributed by atoms with E-state index in [2.05, 4.69) is 0 Å². The summed E-state index contributed by atoms with van der Waals surface area (Å²) in [6.07, 6.45) is 0.727. The molecule has 1 heterocycles. The average molecular weight is 370 g/mol. The third-order valence-corrected chi connectivity index (χ3v) is 4.88. The van der Waals surface area contributed by atoms with E-state index in [0.717, 1.165) is 28.1 Å². The number of amides is 2. The first-order valence-electron chi connectivity index (χ1n) is 8.91. The molecule has 0 unspecified atom stereocenters. The highest BCUT2D eigenvalue weighted by atomic mass is 16.2. The summed E-state index contributed by atoms with van der Waals surface area (Å²) >= 11 is 0. The number of hydrogen-bond acceptors (Lipinski definition) is 4. The first kappa shape index (κ1) is 17.7. The lowest BCUT2D eigenvalue weighted by Gasteiger charge is -2.14. The summed E-state index contributed by atoms with van der Waals surface area (Å²) in [7, 11) is 0. The number of nitrogens with two attached hydrogens (primary N) is 1. The predicted molar refractivity (Wildman–Crippen MR) is 108 cm³/mol. The van der Waals surface area contributed by atoms with E-state index >= 15 is 0 Å². The number of nitrogen functional groups attached to an aromatic ring is 1. The quantitative estimate of drug-likeness (QED) is 0.430. The van der Waals surface area contributed by atoms with Crippen LogP contribution in [0.5, 0.6) is 0 Å². The number of Topliss-reactive ketones (excluding diaryl/α,β-unsaturated/α-hetero) is 1. The number of benzene rings is 3. The van der Waals surface area contributed by atoms with E-state index in [1.54, 1.807) is 24.3 Å². The molecule has 138 valence electrons. The van der Waals surface area contributed by atoms with E-state index in [-0.39, 0.29) is 17.3 Å². The summed E-state index contributed by atoms with van der Waals surface area (Å²) in [6.45, 7) is 1.43. The minimum atomic E-state index is -0.408. The summed E-state index contributed by atoms with van der Waals surface area (Å²) < 4.78 is 0. The summed E-state index contributed by atoms with van der Waals surface area (Å²) in [6, 6.07) is 19.6. The molecule has 0 saturated carbocycles. The maximum Gasteiger partial charge on any atom is 0.266 e. The van der Waals surface area contributed by atoms with Gasteiger partial charge in [-0.2, -0.15) is 0 Å². The second-order valence-corrected chi connectivity index (χ2v) is 6.85. The van der Waals surface area contributed by atoms with Crippen LogP contribution in [0.4, 0.5) is 11.4 Å². The third kappa shape index (κ3) is 3.07. The molecule has 5 nitrogen and oxygen atoms in total. The molecule has 3 aromatic carbocycles. The average Bonchev–Trinajstić information content (AvgIpc) is 2.94. The van der Waals surface area contributed by atoms with E-state index < -0.39 is 5.91 Å². The van der Waals surface area contributed by atoms with E-state index in [1.165, 1.54) is 13.0 Å². The molecular formula is C23H18N2O3. The molecule has 0 aromatic heterocycles. The Morgan fingerprint density at radius 2 is 1.39 bits per heavy atom. The summed E-state index contributed by atoms with van der Waals surface area (Å²) in [5.41, 5.74) is 10.1. The minimum absolute atomic E-state index is 0.145. The molecule has 0 saturated heterocycles. The molecule has 2 N–H and O–H groups in total. The number of hydrogen-bond donors (Lipinski definition) is 1. The van der Waals surface area contributed by atoms with Gasteiger partial charge in [-0.25, -0.2) is 4.90 Å². The van der Waals surface area contributed by atoms with Crippen LogP contribution in [0.25, 0.3) is 0 Å². The Bertz CT molecular complexity index is 1100. The second-order valence-electron chi connectivity index (χ2n) is 6.85. The lowest BCUT2D eigenvalue weighted by atomic mass is 10.0. The fourth-order valence-electron chi connectivity index (χ4n) is 3.33. The lowest BCUT2D eigenvalue weighted by Crippen LogP contribution is -2.29. The predicted octanol–water partition coefficient (Wildman–Crippen LogP) is 3.86. The number of rotatable bonds is 4. The fourth-order valence-corrected chi connectivity index (χ4v) is 3.33. The van der Waals surface area contributed by atoms with Gasteiger partial charge in [-0.1, -0.05) is 30.3 Å². The van der Waals surface area contributed by atoms with Crippen LogP contribution in [0.15, 0.2) is 66.7 Å². The maximum atomic E-state index is 12.8. The number of anilines is 2. The van der Waals surface area contributed by atoms with Crippen LogP contribution in [0.2, 0.25) is 0 Å². The summed E-state index contributed by atoms with van der Waals surface area (Å²) in [5.74, 6) is -0.927. The zero-order chi connectivity index (χ0) is 19.8. The van der Waals surface area contributed by atoms with Gasteiger partial charge < -0.3 is 5.73 Å². The Morgan fingerprint density at radius 3 is 2.00 bits per heavy atom. The highest BCUT2D eigenvalue weighted by Gasteiger charge is 2.36. The van der Waals surface area contributed by atoms with Gasteiger partial charge in [-0.15, -0.1) is 0 Å². The monoisotopic (exact) mass is 370 g/mol. The minimum Gasteiger partial charge on any atom is -0.399 e. The van der Waals surface area contributed by atoms with Gasteiger partial charge in [0.15, 0.2) is 5.78 Å². The molecule has 4 rings (SSSR count). The van der Waals surface area contributed by atoms with Gasteiger partial charge in [0, 0.05) is 11.3 Å². The fraction of sp³-hybridized carbons (Fsp3) is 0.0870. The highest BCUT2D eigenvalue weighted by Crippen LogP contribution is 2.29. The lowest BCUT2D eigenvalue weighted by molar-refractivity contribution is 0.0925. The number of carbonyl (C=O) groups excluding carboxylic acids is 3. The third-order valence-electron chi connectivity index (χ3n) is 4.88. The Labute approximate surface area is 162 Å². The molecule has 0 fully saturated rings. The molecule has 0 aliphatic carbocycles. The Balaban J connectivity index is 1.59. The Morgan fingerprint density at radius 1 is 0.821 bits per heavy atom. The smallest absolute Gasteiger partial charge is 0.266 e. The number of carbonyl (C=O) groups is 3. The normalized spacial score (nSPS) is 13.0. The van der Waals surface area contributed by atoms with Gasteiger partial charge in [0.1, 0.15) is 0 Å². The molecule has 1 aliphatic heterocycles. The van der Waals surface area contributed by atoms with Crippen molar-refractivity contribution in [3.8, 4) is 0 Å². The van der Waals surface area contributed by atoms with Crippen molar-refractivity contribution in [2.45, 2.75) is 13.3 Å². The molecule has 0 radical (unpaired) electrons. The van der Waals surface area contributed by atoms with Gasteiger partial charge in [0.05, 0.1) is 16.8 Å². The number of imide groups is 1. The van der Waals surface area contributed by atoms with Crippen LogP contribution in [0.3, 0.4) is 0 Å². The molecule has 2 amide bonds. The van der Waals surface area contributed by atoms with E-state index in [4.69, 9.17) is 5.73 Å². The van der Waals surface area contributed by atoms with Crippen LogP contribution in [-0.2, 0) is 6.42 Å². The van der Waals surface area contributed by atoms with Gasteiger partial charge in [-0.3, -0.25) is 14.4 Å². The number of nitrogens with zero attached hydrogens (tertiary/aromatic N) is 1. The molecule has 0 atom stereocenters. The molecular weight excluding hydrogens is 352 g/mol. The Kier molecular flexibility index (Phi) is 4.28. The molecule has 0 spiro atoms. The largest absolute Gasteiger partial charge is 0.399 e. The van der Waals surface area contributed by atoms with Crippen LogP contribution >= 0.6 is 0 Å². The summed E-state index contributed by atoms with van der Waals surface area (Å²) in [4.78, 5) is 38.2. The van der Waals surface area contributed by atoms with Crippen molar-refractivity contribution < 1.29 is 14.4 Å². The maximum absolute atomic E-state index is 12.8. The van der Waals surface area contributed by atoms with Crippen molar-refractivity contribution in [3.63, 3.8) is 0 Å². The van der Waals surface area contributed by atoms with Crippen LogP contribution < -0.4 is 10.6 Å². The van der Waals surface area contributed by atoms with Gasteiger partial charge in [0.2, 0.25) is 0 Å². The van der Waals surface area contributed by atoms with E-state index in [9.17, 15) is 14.4 Å². The summed E-state index contributed by atoms with van der Waals surface area (Å²) in [5, 5.41) is 0. The first-order chi connectivity index (χ1) is 13.4. The van der Waals surface area contributed by atoms with E-state index in [1.807, 2.05) is 36.4 Å². The standard InChI is InChI=1S/C23H18N2O3/c1-14(26)17-6-11-20-21(13-17)23(28)25(22(20)27)19-9-4-16(5-10-19)12-15-2-7-18(24)8-3-15/h2-11,13H,12,24H2,1H3. The van der Waals surface area contributed by atoms with Crippen molar-refractivity contribution >= 4 is 29.0 Å². The van der Waals surface area contributed by atoms with Crippen molar-refractivity contribution in [1.29, 1.82) is 0 Å². The van der Waals surface area contributed by atoms with Crippen molar-refractivity contribution in [1.82, 2.24) is 0 Å². The van der Waals surface area contributed by atoms with Crippen LogP contribution in [0, 0.1) is 0 Å². The van der Waals surface area contributed by atoms with Crippen molar-refractivity contribution in [2.75, 3.05) is 10.6 Å².